The predicted molar refractivity (Wildman–Crippen MR) is 37.6 cm³/mol. The lowest BCUT2D eigenvalue weighted by atomic mass is 10.2. The van der Waals surface area contributed by atoms with E-state index in [1.165, 1.54) is 0 Å². The van der Waals surface area contributed by atoms with Crippen molar-refractivity contribution in [1.29, 1.82) is 0 Å². The molecule has 2 nitrogen and oxygen atoms in total. The summed E-state index contributed by atoms with van der Waals surface area (Å²) in [5, 5.41) is -0.171. The van der Waals surface area contributed by atoms with Crippen molar-refractivity contribution in [2.24, 2.45) is 0 Å². The summed E-state index contributed by atoms with van der Waals surface area (Å²) >= 11 is 4.03. The second-order valence-corrected chi connectivity index (χ2v) is 2.84. The molecule has 1 aliphatic rings. The summed E-state index contributed by atoms with van der Waals surface area (Å²) in [7, 11) is 0. The number of hydrogen-bond donors (Lipinski definition) is 1. The molecule has 0 aromatic heterocycles. The molecule has 1 fully saturated rings. The smallest absolute Gasteiger partial charge is 0.319 e. The van der Waals surface area contributed by atoms with Crippen molar-refractivity contribution in [2.75, 3.05) is 0 Å². The number of cyclic esters (lactones) is 1. The Morgan fingerprint density at radius 3 is 2.78 bits per heavy atom. The average molecular weight is 146 g/mol. The van der Waals surface area contributed by atoms with Crippen LogP contribution in [0.1, 0.15) is 19.8 Å². The van der Waals surface area contributed by atoms with Crippen molar-refractivity contribution in [1.82, 2.24) is 0 Å². The van der Waals surface area contributed by atoms with Crippen molar-refractivity contribution < 1.29 is 9.53 Å². The van der Waals surface area contributed by atoms with E-state index >= 15 is 0 Å². The lowest BCUT2D eigenvalue weighted by Crippen LogP contribution is -2.05. The third-order valence-corrected chi connectivity index (χ3v) is 1.92. The summed E-state index contributed by atoms with van der Waals surface area (Å²) in [6.07, 6.45) is 1.81. The molecule has 1 saturated heterocycles. The number of esters is 1. The highest BCUT2D eigenvalue weighted by atomic mass is 32.1. The van der Waals surface area contributed by atoms with Crippen LogP contribution < -0.4 is 0 Å². The van der Waals surface area contributed by atoms with Crippen molar-refractivity contribution in [2.45, 2.75) is 31.1 Å². The molecule has 1 aliphatic heterocycles. The van der Waals surface area contributed by atoms with Crippen LogP contribution >= 0.6 is 12.6 Å². The fourth-order valence-corrected chi connectivity index (χ4v) is 1.18. The van der Waals surface area contributed by atoms with Crippen LogP contribution in [0.15, 0.2) is 0 Å². The molecule has 1 heterocycles. The molecule has 9 heavy (non-hydrogen) atoms. The van der Waals surface area contributed by atoms with Crippen molar-refractivity contribution >= 4 is 18.6 Å². The molecule has 0 N–H and O–H groups in total. The van der Waals surface area contributed by atoms with Crippen LogP contribution in [0.25, 0.3) is 0 Å². The normalized spacial score (nSPS) is 34.7. The minimum absolute atomic E-state index is 0.125. The molecule has 0 saturated carbocycles. The minimum atomic E-state index is -0.171. The van der Waals surface area contributed by atoms with Gasteiger partial charge >= 0.3 is 5.97 Å². The molecule has 0 aromatic carbocycles. The van der Waals surface area contributed by atoms with E-state index in [-0.39, 0.29) is 17.3 Å². The zero-order valence-corrected chi connectivity index (χ0v) is 6.23. The van der Waals surface area contributed by atoms with Crippen LogP contribution in [0.2, 0.25) is 0 Å². The van der Waals surface area contributed by atoms with Gasteiger partial charge in [0.2, 0.25) is 0 Å². The fourth-order valence-electron chi connectivity index (χ4n) is 0.886. The topological polar surface area (TPSA) is 26.3 Å². The molecule has 0 aromatic rings. The van der Waals surface area contributed by atoms with Crippen molar-refractivity contribution in [3.63, 3.8) is 0 Å². The maximum atomic E-state index is 10.6. The van der Waals surface area contributed by atoms with E-state index < -0.39 is 0 Å². The predicted octanol–water partition coefficient (Wildman–Crippen LogP) is 1.01. The lowest BCUT2D eigenvalue weighted by molar-refractivity contribution is -0.141. The fraction of sp³-hybridized carbons (Fsp3) is 0.833. The van der Waals surface area contributed by atoms with Gasteiger partial charge < -0.3 is 4.74 Å². The monoisotopic (exact) mass is 146 g/mol. The van der Waals surface area contributed by atoms with E-state index in [1.807, 2.05) is 6.92 Å². The molecule has 0 aliphatic carbocycles. The SMILES string of the molecule is CCC1C[C@@H](S)C(=O)O1. The maximum Gasteiger partial charge on any atom is 0.319 e. The van der Waals surface area contributed by atoms with E-state index in [0.29, 0.717) is 0 Å². The molecule has 52 valence electrons. The van der Waals surface area contributed by atoms with Gasteiger partial charge in [-0.1, -0.05) is 6.92 Å². The first-order valence-electron chi connectivity index (χ1n) is 3.12. The standard InChI is InChI=1S/C6H10O2S/c1-2-4-3-5(9)6(7)8-4/h4-5,9H,2-3H2,1H3/t4?,5-/m1/s1. The van der Waals surface area contributed by atoms with Gasteiger partial charge in [-0.15, -0.1) is 0 Å². The van der Waals surface area contributed by atoms with Gasteiger partial charge in [0.15, 0.2) is 0 Å². The van der Waals surface area contributed by atoms with Crippen LogP contribution in [0.5, 0.6) is 0 Å². The third kappa shape index (κ3) is 1.39. The summed E-state index contributed by atoms with van der Waals surface area (Å²) in [4.78, 5) is 10.6. The Labute approximate surface area is 60.0 Å². The molecule has 1 rings (SSSR count). The first-order chi connectivity index (χ1) is 4.24. The molecule has 2 atom stereocenters. The van der Waals surface area contributed by atoms with Gasteiger partial charge in [0.1, 0.15) is 11.4 Å². The molecule has 1 unspecified atom stereocenters. The molecular weight excluding hydrogens is 136 g/mol. The zero-order chi connectivity index (χ0) is 6.85. The Kier molecular flexibility index (Phi) is 2.01. The summed E-state index contributed by atoms with van der Waals surface area (Å²) in [5.74, 6) is -0.162. The zero-order valence-electron chi connectivity index (χ0n) is 5.33. The molecular formula is C6H10O2S. The van der Waals surface area contributed by atoms with Gasteiger partial charge in [0.05, 0.1) is 0 Å². The maximum absolute atomic E-state index is 10.6. The van der Waals surface area contributed by atoms with Crippen LogP contribution in [0, 0.1) is 0 Å². The summed E-state index contributed by atoms with van der Waals surface area (Å²) in [6.45, 7) is 2.00. The Hall–Kier alpha value is -0.180. The third-order valence-electron chi connectivity index (χ3n) is 1.50. The van der Waals surface area contributed by atoms with E-state index in [1.54, 1.807) is 0 Å². The highest BCUT2D eigenvalue weighted by molar-refractivity contribution is 7.81. The van der Waals surface area contributed by atoms with Gasteiger partial charge in [0, 0.05) is 6.42 Å². The second kappa shape index (κ2) is 2.60. The lowest BCUT2D eigenvalue weighted by Gasteiger charge is -2.01. The van der Waals surface area contributed by atoms with E-state index in [2.05, 4.69) is 12.6 Å². The number of thiol groups is 1. The number of carbonyl (C=O) groups is 1. The quantitative estimate of drug-likeness (QED) is 0.441. The van der Waals surface area contributed by atoms with Crippen molar-refractivity contribution in [3.8, 4) is 0 Å². The van der Waals surface area contributed by atoms with E-state index in [0.717, 1.165) is 12.8 Å². The van der Waals surface area contributed by atoms with Crippen LogP contribution in [0.3, 0.4) is 0 Å². The first kappa shape index (κ1) is 6.93. The number of hydrogen-bond acceptors (Lipinski definition) is 3. The Bertz CT molecular complexity index is 124. The van der Waals surface area contributed by atoms with Crippen molar-refractivity contribution in [3.05, 3.63) is 0 Å². The van der Waals surface area contributed by atoms with E-state index in [4.69, 9.17) is 4.74 Å². The average Bonchev–Trinajstić information content (AvgIpc) is 2.13. The number of rotatable bonds is 1. The Morgan fingerprint density at radius 2 is 2.56 bits per heavy atom. The number of ether oxygens (including phenoxy) is 1. The highest BCUT2D eigenvalue weighted by Gasteiger charge is 2.29. The van der Waals surface area contributed by atoms with Crippen LogP contribution in [-0.4, -0.2) is 17.3 Å². The van der Waals surface area contributed by atoms with Gasteiger partial charge in [-0.05, 0) is 6.42 Å². The highest BCUT2D eigenvalue weighted by Crippen LogP contribution is 2.20. The van der Waals surface area contributed by atoms with Gasteiger partial charge in [0.25, 0.3) is 0 Å². The minimum Gasteiger partial charge on any atom is -0.462 e. The second-order valence-electron chi connectivity index (χ2n) is 2.22. The molecule has 0 radical (unpaired) electrons. The molecule has 0 amide bonds. The largest absolute Gasteiger partial charge is 0.462 e. The van der Waals surface area contributed by atoms with Gasteiger partial charge in [-0.3, -0.25) is 4.79 Å². The number of carbonyl (C=O) groups excluding carboxylic acids is 1. The molecule has 0 bridgehead atoms. The van der Waals surface area contributed by atoms with E-state index in [9.17, 15) is 4.79 Å². The van der Waals surface area contributed by atoms with Crippen LogP contribution in [0.4, 0.5) is 0 Å². The molecule has 3 heteroatoms. The summed E-state index contributed by atoms with van der Waals surface area (Å²) in [5.41, 5.74) is 0. The Balaban J connectivity index is 2.44. The first-order valence-corrected chi connectivity index (χ1v) is 3.64. The Morgan fingerprint density at radius 1 is 1.89 bits per heavy atom. The molecule has 0 spiro atoms. The van der Waals surface area contributed by atoms with Gasteiger partial charge in [-0.25, -0.2) is 0 Å². The summed E-state index contributed by atoms with van der Waals surface area (Å²) < 4.78 is 4.91. The summed E-state index contributed by atoms with van der Waals surface area (Å²) in [6, 6.07) is 0. The van der Waals surface area contributed by atoms with Crippen LogP contribution in [-0.2, 0) is 9.53 Å². The van der Waals surface area contributed by atoms with Gasteiger partial charge in [-0.2, -0.15) is 12.6 Å².